The van der Waals surface area contributed by atoms with Gasteiger partial charge in [-0.25, -0.2) is 0 Å². The van der Waals surface area contributed by atoms with Crippen molar-refractivity contribution in [3.05, 3.63) is 0 Å². The summed E-state index contributed by atoms with van der Waals surface area (Å²) >= 11 is 0. The van der Waals surface area contributed by atoms with Gasteiger partial charge >= 0.3 is 5.97 Å². The van der Waals surface area contributed by atoms with Crippen molar-refractivity contribution in [2.45, 2.75) is 31.8 Å². The molecule has 0 spiro atoms. The van der Waals surface area contributed by atoms with Crippen molar-refractivity contribution in [2.24, 2.45) is 5.73 Å². The average molecular weight is 232 g/mol. The number of hydrogen-bond donors (Lipinski definition) is 4. The second-order valence-corrected chi connectivity index (χ2v) is 3.33. The van der Waals surface area contributed by atoms with E-state index >= 15 is 0 Å². The van der Waals surface area contributed by atoms with Crippen molar-refractivity contribution in [2.75, 3.05) is 7.05 Å². The van der Waals surface area contributed by atoms with Gasteiger partial charge in [-0.3, -0.25) is 14.4 Å². The van der Waals surface area contributed by atoms with Gasteiger partial charge in [0.2, 0.25) is 11.8 Å². The molecule has 16 heavy (non-hydrogen) atoms. The van der Waals surface area contributed by atoms with Gasteiger partial charge in [-0.1, -0.05) is 0 Å². The highest BCUT2D eigenvalue weighted by Gasteiger charge is 2.21. The summed E-state index contributed by atoms with van der Waals surface area (Å²) in [7, 11) is 1.39. The van der Waals surface area contributed by atoms with Crippen molar-refractivity contribution >= 4 is 17.8 Å². The lowest BCUT2D eigenvalue weighted by Gasteiger charge is -2.17. The van der Waals surface area contributed by atoms with E-state index in [4.69, 9.17) is 12.3 Å². The van der Waals surface area contributed by atoms with Crippen molar-refractivity contribution < 1.29 is 20.9 Å². The predicted octanol–water partition coefficient (Wildman–Crippen LogP) is -1.57. The smallest absolute Gasteiger partial charge is 0.303 e. The lowest BCUT2D eigenvalue weighted by molar-refractivity contribution is -0.137. The summed E-state index contributed by atoms with van der Waals surface area (Å²) in [6.07, 6.45) is -0.330. The molecule has 0 radical (unpaired) electrons. The van der Waals surface area contributed by atoms with Gasteiger partial charge in [0.25, 0.3) is 0 Å². The normalized spacial score (nSPS) is 15.1. The second kappa shape index (κ2) is 6.78. The summed E-state index contributed by atoms with van der Waals surface area (Å²) in [6.45, 7) is 1.48. The maximum Gasteiger partial charge on any atom is 0.303 e. The van der Waals surface area contributed by atoms with Crippen LogP contribution in [-0.4, -0.2) is 42.0 Å². The highest BCUT2D eigenvalue weighted by molar-refractivity contribution is 5.89. The van der Waals surface area contributed by atoms with Crippen molar-refractivity contribution in [3.8, 4) is 0 Å². The Bertz CT molecular complexity index is 309. The van der Waals surface area contributed by atoms with Crippen LogP contribution in [0.2, 0.25) is 1.41 Å². The van der Waals surface area contributed by atoms with Crippen LogP contribution in [0.1, 0.15) is 19.8 Å². The number of aliphatic carboxylic acids is 1. The minimum Gasteiger partial charge on any atom is -0.481 e. The number of carboxylic acids is 1. The Morgan fingerprint density at radius 1 is 1.50 bits per heavy atom. The van der Waals surface area contributed by atoms with E-state index in [1.54, 1.807) is 0 Å². The number of nitrogens with two attached hydrogens (primary N) is 1. The first-order valence-corrected chi connectivity index (χ1v) is 4.79. The first-order chi connectivity index (χ1) is 7.75. The van der Waals surface area contributed by atoms with E-state index in [-0.39, 0.29) is 12.8 Å². The number of hydrogen-bond acceptors (Lipinski definition) is 4. The van der Waals surface area contributed by atoms with E-state index in [1.807, 2.05) is 0 Å². The molecule has 5 N–H and O–H groups in total. The van der Waals surface area contributed by atoms with Gasteiger partial charge in [-0.15, -0.1) is 0 Å². The van der Waals surface area contributed by atoms with E-state index in [2.05, 4.69) is 5.32 Å². The highest BCUT2D eigenvalue weighted by Crippen LogP contribution is 1.97. The summed E-state index contributed by atoms with van der Waals surface area (Å²) in [5.41, 5.74) is 5.04. The molecule has 2 atom stereocenters. The Morgan fingerprint density at radius 3 is 2.44 bits per heavy atom. The topological polar surface area (TPSA) is 122 Å². The van der Waals surface area contributed by atoms with Gasteiger partial charge in [0.1, 0.15) is 7.45 Å². The van der Waals surface area contributed by atoms with Crippen LogP contribution < -0.4 is 16.4 Å². The molecule has 92 valence electrons. The van der Waals surface area contributed by atoms with Gasteiger partial charge in [-0.2, -0.15) is 0 Å². The van der Waals surface area contributed by atoms with Crippen LogP contribution in [0.4, 0.5) is 0 Å². The maximum atomic E-state index is 11.5. The van der Waals surface area contributed by atoms with Crippen LogP contribution in [0.5, 0.6) is 0 Å². The SMILES string of the molecule is [2H]N(C)[C@@H](C)C(=O)N[C@@H](CCC(=O)O)C(N)=O. The Balaban J connectivity index is 4.39. The van der Waals surface area contributed by atoms with Gasteiger partial charge < -0.3 is 21.5 Å². The van der Waals surface area contributed by atoms with Crippen molar-refractivity contribution in [1.29, 1.82) is 0 Å². The van der Waals surface area contributed by atoms with Gasteiger partial charge in [0.15, 0.2) is 0 Å². The fourth-order valence-corrected chi connectivity index (χ4v) is 0.963. The lowest BCUT2D eigenvalue weighted by Crippen LogP contribution is -2.50. The number of nitrogens with one attached hydrogen (secondary N) is 2. The molecule has 0 aliphatic heterocycles. The molecular weight excluding hydrogens is 214 g/mol. The molecule has 0 aliphatic rings. The highest BCUT2D eigenvalue weighted by atomic mass is 16.4. The average Bonchev–Trinajstić information content (AvgIpc) is 2.21. The minimum atomic E-state index is -1.07. The zero-order chi connectivity index (χ0) is 13.6. The molecular formula is C9H17N3O4. The zero-order valence-electron chi connectivity index (χ0n) is 10.3. The third-order valence-corrected chi connectivity index (χ3v) is 2.07. The Morgan fingerprint density at radius 2 is 2.06 bits per heavy atom. The van der Waals surface area contributed by atoms with E-state index in [1.165, 1.54) is 14.0 Å². The van der Waals surface area contributed by atoms with Crippen LogP contribution in [-0.2, 0) is 14.4 Å². The van der Waals surface area contributed by atoms with E-state index < -0.39 is 29.9 Å². The summed E-state index contributed by atoms with van der Waals surface area (Å²) in [6, 6.07) is -1.78. The largest absolute Gasteiger partial charge is 0.481 e. The third-order valence-electron chi connectivity index (χ3n) is 2.07. The summed E-state index contributed by atoms with van der Waals surface area (Å²) in [4.78, 5) is 32.9. The number of rotatable bonds is 7. The fraction of sp³-hybridized carbons (Fsp3) is 0.667. The third kappa shape index (κ3) is 5.30. The number of primary amides is 1. The van der Waals surface area contributed by atoms with E-state index in [0.29, 0.717) is 0 Å². The standard InChI is InChI=1S/C9H17N3O4/c1-5(11-2)9(16)12-6(8(10)15)3-4-7(13)14/h5-6,11H,3-4H2,1-2H3,(H2,10,15)(H,12,16)(H,13,14)/t5-,6-/m0/s1/i/hD. The summed E-state index contributed by atoms with van der Waals surface area (Å²) < 4.78 is 7.20. The number of carbonyl (C=O) groups is 3. The molecule has 0 aromatic carbocycles. The molecule has 0 bridgehead atoms. The molecule has 0 unspecified atom stereocenters. The van der Waals surface area contributed by atoms with Gasteiger partial charge in [0.05, 0.1) is 6.04 Å². The van der Waals surface area contributed by atoms with Gasteiger partial charge in [0, 0.05) is 6.42 Å². The van der Waals surface area contributed by atoms with Gasteiger partial charge in [-0.05, 0) is 20.4 Å². The van der Waals surface area contributed by atoms with Crippen molar-refractivity contribution in [3.63, 3.8) is 0 Å². The number of likely N-dealkylation sites (N-methyl/N-ethyl adjacent to an activating group) is 1. The molecule has 7 heteroatoms. The summed E-state index contributed by atoms with van der Waals surface area (Å²) in [5.74, 6) is -2.41. The summed E-state index contributed by atoms with van der Waals surface area (Å²) in [5, 5.41) is 11.7. The van der Waals surface area contributed by atoms with Crippen LogP contribution in [0, 0.1) is 0 Å². The first-order valence-electron chi connectivity index (χ1n) is 5.23. The Labute approximate surface area is 94.8 Å². The number of carboxylic acid groups (broad SMARTS) is 1. The maximum absolute atomic E-state index is 11.5. The molecule has 0 saturated heterocycles. The molecule has 0 aliphatic carbocycles. The lowest BCUT2D eigenvalue weighted by atomic mass is 10.1. The van der Waals surface area contributed by atoms with Crippen LogP contribution in [0.25, 0.3) is 0 Å². The molecule has 0 rings (SSSR count). The van der Waals surface area contributed by atoms with Crippen LogP contribution in [0.3, 0.4) is 0 Å². The predicted molar refractivity (Wildman–Crippen MR) is 56.5 cm³/mol. The molecule has 7 nitrogen and oxygen atoms in total. The first kappa shape index (κ1) is 12.4. The Kier molecular flexibility index (Phi) is 5.27. The molecule has 2 amide bonds. The molecule has 0 fully saturated rings. The zero-order valence-corrected chi connectivity index (χ0v) is 9.27. The quantitative estimate of drug-likeness (QED) is 0.422. The minimum absolute atomic E-state index is 0.0646. The molecule has 0 aromatic rings. The molecule has 0 saturated carbocycles. The monoisotopic (exact) mass is 232 g/mol. The Hall–Kier alpha value is -1.63. The molecule has 0 heterocycles. The van der Waals surface area contributed by atoms with Crippen LogP contribution in [0.15, 0.2) is 0 Å². The second-order valence-electron chi connectivity index (χ2n) is 3.33. The van der Waals surface area contributed by atoms with E-state index in [0.717, 1.165) is 5.31 Å². The van der Waals surface area contributed by atoms with E-state index in [9.17, 15) is 14.4 Å². The molecule has 0 aromatic heterocycles. The number of carbonyl (C=O) groups excluding carboxylic acids is 2. The fourth-order valence-electron chi connectivity index (χ4n) is 0.963. The van der Waals surface area contributed by atoms with Crippen LogP contribution >= 0.6 is 0 Å². The number of amides is 2. The van der Waals surface area contributed by atoms with Crippen molar-refractivity contribution in [1.82, 2.24) is 10.6 Å².